The number of rotatable bonds is 4. The van der Waals surface area contributed by atoms with Gasteiger partial charge in [-0.2, -0.15) is 0 Å². The molecule has 28 heavy (non-hydrogen) atoms. The molecule has 1 saturated carbocycles. The maximum atomic E-state index is 12.3. The highest BCUT2D eigenvalue weighted by atomic mass is 32.1. The van der Waals surface area contributed by atoms with E-state index in [1.807, 2.05) is 26.8 Å². The second kappa shape index (κ2) is 6.85. The molecule has 4 rings (SSSR count). The van der Waals surface area contributed by atoms with Crippen molar-refractivity contribution in [1.82, 2.24) is 10.3 Å². The smallest absolute Gasteiger partial charge is 0.408 e. The molecule has 2 heterocycles. The number of hydrogen-bond acceptors (Lipinski definition) is 6. The van der Waals surface area contributed by atoms with Gasteiger partial charge in [0.15, 0.2) is 5.13 Å². The van der Waals surface area contributed by atoms with Crippen molar-refractivity contribution in [2.24, 2.45) is 0 Å². The Morgan fingerprint density at radius 2 is 2.18 bits per heavy atom. The molecular weight excluding hydrogens is 374 g/mol. The molecule has 2 N–H and O–H groups in total. The van der Waals surface area contributed by atoms with Gasteiger partial charge >= 0.3 is 6.09 Å². The van der Waals surface area contributed by atoms with Gasteiger partial charge in [-0.25, -0.2) is 9.78 Å². The minimum absolute atomic E-state index is 0.227. The van der Waals surface area contributed by atoms with Crippen LogP contribution in [0.1, 0.15) is 46.1 Å². The predicted molar refractivity (Wildman–Crippen MR) is 111 cm³/mol. The minimum Gasteiger partial charge on any atom is -0.493 e. The molecule has 0 radical (unpaired) electrons. The van der Waals surface area contributed by atoms with Crippen LogP contribution in [-0.4, -0.2) is 34.9 Å². The molecule has 2 aliphatic rings. The Hall–Kier alpha value is -2.46. The summed E-state index contributed by atoms with van der Waals surface area (Å²) >= 11 is 1.60. The first kappa shape index (κ1) is 18.9. The summed E-state index contributed by atoms with van der Waals surface area (Å²) in [5.74, 6) is 7.12. The molecule has 2 aromatic rings. The molecule has 0 spiro atoms. The molecule has 0 unspecified atom stereocenters. The largest absolute Gasteiger partial charge is 0.493 e. The van der Waals surface area contributed by atoms with Crippen molar-refractivity contribution in [2.75, 3.05) is 11.9 Å². The van der Waals surface area contributed by atoms with Gasteiger partial charge in [0.1, 0.15) is 17.4 Å². The number of benzene rings is 1. The summed E-state index contributed by atoms with van der Waals surface area (Å²) in [6, 6.07) is 3.84. The van der Waals surface area contributed by atoms with Gasteiger partial charge in [-0.05, 0) is 52.7 Å². The summed E-state index contributed by atoms with van der Waals surface area (Å²) in [4.78, 5) is 17.1. The predicted octanol–water partition coefficient (Wildman–Crippen LogP) is 4.09. The molecule has 1 atom stereocenters. The topological polar surface area (TPSA) is 72.5 Å². The number of carbonyl (C=O) groups excluding carboxylic acids is 1. The van der Waals surface area contributed by atoms with Gasteiger partial charge in [-0.3, -0.25) is 0 Å². The maximum absolute atomic E-state index is 12.3. The van der Waals surface area contributed by atoms with E-state index in [0.717, 1.165) is 40.4 Å². The first-order chi connectivity index (χ1) is 13.3. The molecule has 1 aliphatic carbocycles. The van der Waals surface area contributed by atoms with Crippen LogP contribution in [0.15, 0.2) is 12.1 Å². The van der Waals surface area contributed by atoms with Crippen LogP contribution in [0, 0.1) is 11.8 Å². The Bertz CT molecular complexity index is 976. The molecule has 7 heteroatoms. The van der Waals surface area contributed by atoms with E-state index < -0.39 is 17.2 Å². The zero-order valence-electron chi connectivity index (χ0n) is 16.6. The van der Waals surface area contributed by atoms with E-state index in [-0.39, 0.29) is 6.04 Å². The lowest BCUT2D eigenvalue weighted by molar-refractivity contribution is 0.0495. The molecule has 148 valence electrons. The van der Waals surface area contributed by atoms with Crippen LogP contribution in [0.25, 0.3) is 10.2 Å². The van der Waals surface area contributed by atoms with E-state index >= 15 is 0 Å². The van der Waals surface area contributed by atoms with Gasteiger partial charge in [0, 0.05) is 12.0 Å². The fourth-order valence-electron chi connectivity index (χ4n) is 3.44. The normalized spacial score (nSPS) is 17.7. The minimum atomic E-state index is -0.533. The molecule has 6 nitrogen and oxygen atoms in total. The fraction of sp³-hybridized carbons (Fsp3) is 0.524. The van der Waals surface area contributed by atoms with Gasteiger partial charge in [0.05, 0.1) is 22.4 Å². The van der Waals surface area contributed by atoms with Crippen LogP contribution in [0.3, 0.4) is 0 Å². The summed E-state index contributed by atoms with van der Waals surface area (Å²) in [5, 5.41) is 7.30. The number of nitrogens with zero attached hydrogens (tertiary/aromatic N) is 1. The number of aromatic nitrogens is 1. The lowest BCUT2D eigenvalue weighted by Gasteiger charge is -2.27. The Kier molecular flexibility index (Phi) is 4.62. The van der Waals surface area contributed by atoms with E-state index in [9.17, 15) is 4.79 Å². The van der Waals surface area contributed by atoms with Crippen LogP contribution in [0.2, 0.25) is 0 Å². The van der Waals surface area contributed by atoms with E-state index in [1.54, 1.807) is 18.3 Å². The Balaban J connectivity index is 1.55. The molecule has 1 aromatic carbocycles. The average Bonchev–Trinajstić information content (AvgIpc) is 3.04. The number of hydrogen-bond donors (Lipinski definition) is 2. The average molecular weight is 400 g/mol. The first-order valence-corrected chi connectivity index (χ1v) is 10.4. The molecule has 1 amide bonds. The lowest BCUT2D eigenvalue weighted by Crippen LogP contribution is -2.50. The van der Waals surface area contributed by atoms with Crippen LogP contribution >= 0.6 is 11.3 Å². The summed E-state index contributed by atoms with van der Waals surface area (Å²) in [6.07, 6.45) is 2.19. The van der Waals surface area contributed by atoms with Crippen molar-refractivity contribution in [1.29, 1.82) is 0 Å². The van der Waals surface area contributed by atoms with Crippen LogP contribution in [0.4, 0.5) is 9.93 Å². The molecule has 0 bridgehead atoms. The highest BCUT2D eigenvalue weighted by Gasteiger charge is 2.51. The summed E-state index contributed by atoms with van der Waals surface area (Å²) in [7, 11) is 0. The van der Waals surface area contributed by atoms with Crippen molar-refractivity contribution in [3.8, 4) is 17.6 Å². The number of fused-ring (bicyclic) bond motifs is 3. The third-order valence-corrected chi connectivity index (χ3v) is 5.83. The quantitative estimate of drug-likeness (QED) is 0.758. The van der Waals surface area contributed by atoms with Crippen molar-refractivity contribution in [3.63, 3.8) is 0 Å². The zero-order chi connectivity index (χ0) is 19.9. The van der Waals surface area contributed by atoms with Gasteiger partial charge in [-0.15, -0.1) is 5.92 Å². The van der Waals surface area contributed by atoms with Crippen molar-refractivity contribution < 1.29 is 14.3 Å². The van der Waals surface area contributed by atoms with Crippen molar-refractivity contribution in [2.45, 2.75) is 64.1 Å². The standard InChI is InChI=1S/C21H25N3O3S/c1-5-6-16(21(10-11-21)24-19(25)27-20(2,3)4)22-18-23-17-13-9-12-26-14(13)7-8-15(17)28-18/h7-8,16H,9-12H2,1-4H3,(H,22,23)(H,24,25)/t16-/m1/s1. The second-order valence-corrected chi connectivity index (χ2v) is 9.29. The van der Waals surface area contributed by atoms with Crippen molar-refractivity contribution in [3.05, 3.63) is 17.7 Å². The molecule has 1 aromatic heterocycles. The lowest BCUT2D eigenvalue weighted by atomic mass is 10.1. The Morgan fingerprint density at radius 1 is 1.39 bits per heavy atom. The molecule has 1 fully saturated rings. The number of ether oxygens (including phenoxy) is 2. The third kappa shape index (κ3) is 3.74. The van der Waals surface area contributed by atoms with E-state index in [1.165, 1.54) is 5.56 Å². The molecule has 0 saturated heterocycles. The summed E-state index contributed by atoms with van der Waals surface area (Å²) in [5.41, 5.74) is 1.21. The number of amides is 1. The van der Waals surface area contributed by atoms with Crippen LogP contribution in [0.5, 0.6) is 5.75 Å². The number of anilines is 1. The number of thiazole rings is 1. The maximum Gasteiger partial charge on any atom is 0.408 e. The number of nitrogens with one attached hydrogen (secondary N) is 2. The van der Waals surface area contributed by atoms with Crippen molar-refractivity contribution >= 4 is 32.8 Å². The Labute approximate surface area is 169 Å². The monoisotopic (exact) mass is 399 g/mol. The van der Waals surface area contributed by atoms with Gasteiger partial charge in [0.2, 0.25) is 0 Å². The molecule has 1 aliphatic heterocycles. The first-order valence-electron chi connectivity index (χ1n) is 9.55. The second-order valence-electron chi connectivity index (χ2n) is 8.26. The van der Waals surface area contributed by atoms with E-state index in [0.29, 0.717) is 6.61 Å². The molecular formula is C21H25N3O3S. The van der Waals surface area contributed by atoms with Gasteiger partial charge in [0.25, 0.3) is 0 Å². The zero-order valence-corrected chi connectivity index (χ0v) is 17.5. The number of alkyl carbamates (subject to hydrolysis) is 1. The van der Waals surface area contributed by atoms with Crippen LogP contribution in [-0.2, 0) is 11.2 Å². The van der Waals surface area contributed by atoms with E-state index in [2.05, 4.69) is 28.5 Å². The van der Waals surface area contributed by atoms with E-state index in [4.69, 9.17) is 14.5 Å². The SMILES string of the molecule is CC#C[C@@H](Nc1nc2c3c(ccc2s1)OCC3)C1(NC(=O)OC(C)(C)C)CC1. The Morgan fingerprint density at radius 3 is 2.86 bits per heavy atom. The summed E-state index contributed by atoms with van der Waals surface area (Å²) in [6.45, 7) is 8.09. The van der Waals surface area contributed by atoms with Gasteiger partial charge in [-0.1, -0.05) is 17.3 Å². The van der Waals surface area contributed by atoms with Gasteiger partial charge < -0.3 is 20.1 Å². The number of carbonyl (C=O) groups is 1. The van der Waals surface area contributed by atoms with Crippen LogP contribution < -0.4 is 15.4 Å². The highest BCUT2D eigenvalue weighted by molar-refractivity contribution is 7.22. The fourth-order valence-corrected chi connectivity index (χ4v) is 4.36. The highest BCUT2D eigenvalue weighted by Crippen LogP contribution is 2.42. The summed E-state index contributed by atoms with van der Waals surface area (Å²) < 4.78 is 12.2. The third-order valence-electron chi connectivity index (χ3n) is 4.88.